The fraction of sp³-hybridized carbons (Fsp3) is 0.357. The van der Waals surface area contributed by atoms with E-state index in [1.165, 1.54) is 24.3 Å². The first-order valence-corrected chi connectivity index (χ1v) is 6.92. The Bertz CT molecular complexity index is 642. The van der Waals surface area contributed by atoms with Crippen molar-refractivity contribution in [3.63, 3.8) is 0 Å². The van der Waals surface area contributed by atoms with Crippen LogP contribution in [0.1, 0.15) is 18.4 Å². The number of benzene rings is 1. The number of carboxylic acid groups (broad SMARTS) is 1. The van der Waals surface area contributed by atoms with E-state index < -0.39 is 28.9 Å². The van der Waals surface area contributed by atoms with Gasteiger partial charge in [0.2, 0.25) is 11.8 Å². The van der Waals surface area contributed by atoms with E-state index >= 15 is 0 Å². The summed E-state index contributed by atoms with van der Waals surface area (Å²) >= 11 is 0. The van der Waals surface area contributed by atoms with Crippen molar-refractivity contribution in [1.82, 2.24) is 10.6 Å². The number of rotatable bonds is 6. The predicted octanol–water partition coefficient (Wildman–Crippen LogP) is -0.0147. The smallest absolute Gasteiger partial charge is 0.326 e. The highest BCUT2D eigenvalue weighted by molar-refractivity contribution is 5.92. The quantitative estimate of drug-likeness (QED) is 0.497. The van der Waals surface area contributed by atoms with Crippen LogP contribution in [0, 0.1) is 10.1 Å². The van der Waals surface area contributed by atoms with Crippen molar-refractivity contribution in [1.29, 1.82) is 0 Å². The second kappa shape index (κ2) is 6.86. The molecule has 3 N–H and O–H groups in total. The van der Waals surface area contributed by atoms with Crippen LogP contribution in [0.4, 0.5) is 5.69 Å². The van der Waals surface area contributed by atoms with Crippen LogP contribution in [0.5, 0.6) is 0 Å². The number of hydrogen-bond donors (Lipinski definition) is 3. The Morgan fingerprint density at radius 1 is 1.39 bits per heavy atom. The summed E-state index contributed by atoms with van der Waals surface area (Å²) in [7, 11) is 0. The zero-order valence-electron chi connectivity index (χ0n) is 12.0. The van der Waals surface area contributed by atoms with Gasteiger partial charge in [-0.05, 0) is 12.0 Å². The summed E-state index contributed by atoms with van der Waals surface area (Å²) in [6.45, 7) is 0. The van der Waals surface area contributed by atoms with Gasteiger partial charge in [0.1, 0.15) is 12.1 Å². The number of carbonyl (C=O) groups excluding carboxylic acids is 2. The van der Waals surface area contributed by atoms with Gasteiger partial charge in [-0.2, -0.15) is 0 Å². The number of nitrogens with zero attached hydrogens (tertiary/aromatic N) is 1. The average Bonchev–Trinajstić information content (AvgIpc) is 2.93. The fourth-order valence-corrected chi connectivity index (χ4v) is 2.27. The molecule has 1 aromatic carbocycles. The second-order valence-corrected chi connectivity index (χ2v) is 5.19. The highest BCUT2D eigenvalue weighted by Crippen LogP contribution is 2.14. The van der Waals surface area contributed by atoms with Crippen LogP contribution in [0.25, 0.3) is 0 Å². The van der Waals surface area contributed by atoms with Gasteiger partial charge in [0.25, 0.3) is 5.69 Å². The molecule has 2 amide bonds. The molecule has 1 heterocycles. The van der Waals surface area contributed by atoms with E-state index in [0.29, 0.717) is 12.0 Å². The van der Waals surface area contributed by atoms with Crippen LogP contribution in [0.3, 0.4) is 0 Å². The Kier molecular flexibility index (Phi) is 4.89. The number of carbonyl (C=O) groups is 3. The summed E-state index contributed by atoms with van der Waals surface area (Å²) in [6, 6.07) is 3.53. The van der Waals surface area contributed by atoms with Crippen molar-refractivity contribution in [2.45, 2.75) is 31.3 Å². The third kappa shape index (κ3) is 4.25. The van der Waals surface area contributed by atoms with E-state index in [1.54, 1.807) is 0 Å². The number of non-ortho nitro benzene ring substituents is 1. The summed E-state index contributed by atoms with van der Waals surface area (Å²) < 4.78 is 0. The van der Waals surface area contributed by atoms with Crippen LogP contribution in [0.2, 0.25) is 0 Å². The summed E-state index contributed by atoms with van der Waals surface area (Å²) in [5.41, 5.74) is 0.442. The van der Waals surface area contributed by atoms with Gasteiger partial charge in [-0.25, -0.2) is 4.79 Å². The minimum Gasteiger partial charge on any atom is -0.480 e. The Balaban J connectivity index is 2.01. The molecule has 1 fully saturated rings. The van der Waals surface area contributed by atoms with Gasteiger partial charge in [-0.3, -0.25) is 19.7 Å². The summed E-state index contributed by atoms with van der Waals surface area (Å²) in [5.74, 6) is -2.02. The van der Waals surface area contributed by atoms with Crippen molar-refractivity contribution >= 4 is 23.5 Å². The average molecular weight is 321 g/mol. The largest absolute Gasteiger partial charge is 0.480 e. The van der Waals surface area contributed by atoms with Crippen molar-refractivity contribution in [2.24, 2.45) is 0 Å². The molecule has 0 unspecified atom stereocenters. The highest BCUT2D eigenvalue weighted by atomic mass is 16.6. The SMILES string of the molecule is O=C1CC[C@H](C(=O)N[C@@H](Cc2ccc([N+](=O)[O-])cc2)C(=O)O)N1. The molecule has 9 heteroatoms. The van der Waals surface area contributed by atoms with Crippen LogP contribution in [0.15, 0.2) is 24.3 Å². The van der Waals surface area contributed by atoms with Gasteiger partial charge in [0.15, 0.2) is 0 Å². The molecule has 9 nitrogen and oxygen atoms in total. The molecule has 0 spiro atoms. The third-order valence-electron chi connectivity index (χ3n) is 3.51. The van der Waals surface area contributed by atoms with E-state index in [9.17, 15) is 29.6 Å². The first kappa shape index (κ1) is 16.4. The molecule has 2 rings (SSSR count). The van der Waals surface area contributed by atoms with Crippen LogP contribution >= 0.6 is 0 Å². The van der Waals surface area contributed by atoms with Crippen molar-refractivity contribution in [3.05, 3.63) is 39.9 Å². The van der Waals surface area contributed by atoms with Gasteiger partial charge in [-0.1, -0.05) is 12.1 Å². The molecule has 23 heavy (non-hydrogen) atoms. The summed E-state index contributed by atoms with van der Waals surface area (Å²) in [4.78, 5) is 44.4. The van der Waals surface area contributed by atoms with Crippen LogP contribution < -0.4 is 10.6 Å². The maximum atomic E-state index is 12.0. The first-order valence-electron chi connectivity index (χ1n) is 6.92. The molecule has 1 aliphatic heterocycles. The highest BCUT2D eigenvalue weighted by Gasteiger charge is 2.30. The number of hydrogen-bond acceptors (Lipinski definition) is 5. The number of nitro groups is 1. The topological polar surface area (TPSA) is 139 Å². The Hall–Kier alpha value is -2.97. The summed E-state index contributed by atoms with van der Waals surface area (Å²) in [6.07, 6.45) is 0.548. The molecule has 0 aliphatic carbocycles. The molecule has 1 saturated heterocycles. The molecular formula is C14H15N3O6. The molecule has 0 saturated carbocycles. The molecule has 2 atom stereocenters. The number of nitro benzene ring substituents is 1. The Labute approximate surface area is 130 Å². The minimum atomic E-state index is -1.22. The molecule has 1 aromatic rings. The van der Waals surface area contributed by atoms with E-state index in [4.69, 9.17) is 0 Å². The Morgan fingerprint density at radius 2 is 2.04 bits per heavy atom. The van der Waals surface area contributed by atoms with Crippen LogP contribution in [-0.4, -0.2) is 39.9 Å². The third-order valence-corrected chi connectivity index (χ3v) is 3.51. The molecule has 122 valence electrons. The lowest BCUT2D eigenvalue weighted by molar-refractivity contribution is -0.384. The summed E-state index contributed by atoms with van der Waals surface area (Å²) in [5, 5.41) is 24.6. The number of amides is 2. The minimum absolute atomic E-state index is 0.0142. The molecule has 0 aromatic heterocycles. The van der Waals surface area contributed by atoms with E-state index in [0.717, 1.165) is 0 Å². The lowest BCUT2D eigenvalue weighted by atomic mass is 10.0. The lowest BCUT2D eigenvalue weighted by Crippen LogP contribution is -2.49. The fourth-order valence-electron chi connectivity index (χ4n) is 2.27. The Morgan fingerprint density at radius 3 is 2.52 bits per heavy atom. The molecular weight excluding hydrogens is 306 g/mol. The monoisotopic (exact) mass is 321 g/mol. The maximum absolute atomic E-state index is 12.0. The van der Waals surface area contributed by atoms with Gasteiger partial charge < -0.3 is 15.7 Å². The molecule has 0 radical (unpaired) electrons. The number of carboxylic acids is 1. The molecule has 0 bridgehead atoms. The zero-order valence-corrected chi connectivity index (χ0v) is 12.0. The van der Waals surface area contributed by atoms with Crippen molar-refractivity contribution < 1.29 is 24.4 Å². The van der Waals surface area contributed by atoms with Gasteiger partial charge in [0, 0.05) is 25.0 Å². The van der Waals surface area contributed by atoms with Gasteiger partial charge in [0.05, 0.1) is 4.92 Å². The maximum Gasteiger partial charge on any atom is 0.326 e. The van der Waals surface area contributed by atoms with Crippen molar-refractivity contribution in [3.8, 4) is 0 Å². The van der Waals surface area contributed by atoms with Gasteiger partial charge >= 0.3 is 5.97 Å². The van der Waals surface area contributed by atoms with Crippen molar-refractivity contribution in [2.75, 3.05) is 0 Å². The predicted molar refractivity (Wildman–Crippen MR) is 77.5 cm³/mol. The van der Waals surface area contributed by atoms with E-state index in [-0.39, 0.29) is 24.4 Å². The number of aliphatic carboxylic acids is 1. The first-order chi connectivity index (χ1) is 10.9. The van der Waals surface area contributed by atoms with E-state index in [1.807, 2.05) is 0 Å². The van der Waals surface area contributed by atoms with E-state index in [2.05, 4.69) is 10.6 Å². The molecule has 1 aliphatic rings. The van der Waals surface area contributed by atoms with Gasteiger partial charge in [-0.15, -0.1) is 0 Å². The zero-order chi connectivity index (χ0) is 17.0. The normalized spacial score (nSPS) is 18.1. The second-order valence-electron chi connectivity index (χ2n) is 5.19. The number of nitrogens with one attached hydrogen (secondary N) is 2. The standard InChI is InChI=1S/C14H15N3O6/c18-12-6-5-10(15-12)13(19)16-11(14(20)21)7-8-1-3-9(4-2-8)17(22)23/h1-4,10-11H,5-7H2,(H,15,18)(H,16,19)(H,20,21)/t10-,11+/m1/s1. The lowest BCUT2D eigenvalue weighted by Gasteiger charge is -2.17. The van der Waals surface area contributed by atoms with Crippen LogP contribution in [-0.2, 0) is 20.8 Å².